The predicted molar refractivity (Wildman–Crippen MR) is 119 cm³/mol. The number of nitrogens with zero attached hydrogens (tertiary/aromatic N) is 3. The smallest absolute Gasteiger partial charge is 0.272 e. The van der Waals surface area contributed by atoms with E-state index in [4.69, 9.17) is 0 Å². The van der Waals surface area contributed by atoms with Crippen molar-refractivity contribution < 1.29 is 14.0 Å². The van der Waals surface area contributed by atoms with Gasteiger partial charge in [0.15, 0.2) is 0 Å². The summed E-state index contributed by atoms with van der Waals surface area (Å²) in [5, 5.41) is 3.44. The molecule has 1 aliphatic rings. The van der Waals surface area contributed by atoms with Crippen molar-refractivity contribution in [2.24, 2.45) is 4.99 Å². The second kappa shape index (κ2) is 7.73. The molecule has 0 saturated carbocycles. The Morgan fingerprint density at radius 1 is 1.09 bits per heavy atom. The number of nitrogens with one attached hydrogen (secondary N) is 2. The van der Waals surface area contributed by atoms with Crippen LogP contribution in [0.1, 0.15) is 21.5 Å². The zero-order valence-corrected chi connectivity index (χ0v) is 17.0. The number of aromatic amines is 1. The Bertz CT molecular complexity index is 1390. The molecule has 0 aliphatic carbocycles. The monoisotopic (exact) mass is 427 g/mol. The van der Waals surface area contributed by atoms with Crippen LogP contribution in [0, 0.1) is 5.82 Å². The average molecular weight is 427 g/mol. The molecule has 2 aromatic carbocycles. The van der Waals surface area contributed by atoms with Crippen LogP contribution >= 0.6 is 0 Å². The van der Waals surface area contributed by atoms with Crippen molar-refractivity contribution in [2.75, 3.05) is 11.9 Å². The number of benzene rings is 2. The Labute approximate surface area is 182 Å². The van der Waals surface area contributed by atoms with Crippen LogP contribution in [-0.4, -0.2) is 40.7 Å². The van der Waals surface area contributed by atoms with E-state index in [1.165, 1.54) is 17.2 Å². The minimum Gasteiger partial charge on any atom is -0.346 e. The van der Waals surface area contributed by atoms with E-state index in [9.17, 15) is 14.0 Å². The first-order valence-corrected chi connectivity index (χ1v) is 9.96. The van der Waals surface area contributed by atoms with Crippen LogP contribution in [0.25, 0.3) is 11.0 Å². The number of benzodiazepines with no additional fused rings is 1. The molecule has 8 heteroatoms. The number of anilines is 1. The van der Waals surface area contributed by atoms with E-state index in [-0.39, 0.29) is 11.1 Å². The summed E-state index contributed by atoms with van der Waals surface area (Å²) in [4.78, 5) is 39.3. The van der Waals surface area contributed by atoms with Gasteiger partial charge in [0.1, 0.15) is 11.5 Å². The van der Waals surface area contributed by atoms with Crippen LogP contribution in [-0.2, 0) is 4.79 Å². The molecule has 7 nitrogen and oxygen atoms in total. The van der Waals surface area contributed by atoms with Crippen LogP contribution < -0.4 is 10.2 Å². The molecule has 1 unspecified atom stereocenters. The molecule has 32 heavy (non-hydrogen) atoms. The summed E-state index contributed by atoms with van der Waals surface area (Å²) in [5.41, 5.74) is 2.66. The van der Waals surface area contributed by atoms with E-state index >= 15 is 0 Å². The van der Waals surface area contributed by atoms with E-state index in [1.54, 1.807) is 67.8 Å². The molecule has 0 saturated heterocycles. The molecule has 0 fully saturated rings. The lowest BCUT2D eigenvalue weighted by molar-refractivity contribution is -0.119. The predicted octanol–water partition coefficient (Wildman–Crippen LogP) is 3.27. The van der Waals surface area contributed by atoms with Gasteiger partial charge in [0.05, 0.1) is 17.0 Å². The molecule has 5 rings (SSSR count). The largest absolute Gasteiger partial charge is 0.346 e. The number of carbonyl (C=O) groups is 2. The summed E-state index contributed by atoms with van der Waals surface area (Å²) in [6.45, 7) is 0. The van der Waals surface area contributed by atoms with Gasteiger partial charge in [-0.15, -0.1) is 0 Å². The lowest BCUT2D eigenvalue weighted by Crippen LogP contribution is -2.46. The molecule has 2 aromatic heterocycles. The fourth-order valence-corrected chi connectivity index (χ4v) is 3.76. The lowest BCUT2D eigenvalue weighted by atomic mass is 10.00. The fourth-order valence-electron chi connectivity index (χ4n) is 3.76. The number of hydrogen-bond acceptors (Lipinski definition) is 4. The topological polar surface area (TPSA) is 90.5 Å². The maximum Gasteiger partial charge on any atom is 0.272 e. The molecular weight excluding hydrogens is 409 g/mol. The highest BCUT2D eigenvalue weighted by Crippen LogP contribution is 2.28. The maximum absolute atomic E-state index is 14.7. The summed E-state index contributed by atoms with van der Waals surface area (Å²) < 4.78 is 14.7. The Balaban J connectivity index is 1.58. The molecule has 0 bridgehead atoms. The molecule has 0 spiro atoms. The van der Waals surface area contributed by atoms with Crippen molar-refractivity contribution in [3.63, 3.8) is 0 Å². The number of aliphatic imine (C=N–C) groups is 1. The second-order valence-electron chi connectivity index (χ2n) is 7.39. The number of aromatic nitrogens is 2. The SMILES string of the molecule is CN1C(=O)C(NC(=O)c2cnc3[nH]ccc3c2)N=C(c2ccccc2F)c2ccccc21. The molecule has 1 aliphatic heterocycles. The molecule has 0 radical (unpaired) electrons. The van der Waals surface area contributed by atoms with Gasteiger partial charge >= 0.3 is 0 Å². The molecule has 3 heterocycles. The standard InChI is InChI=1S/C24H18FN5O2/c1-30-19-9-5-3-7-17(19)20(16-6-2-4-8-18(16)25)28-22(24(30)32)29-23(31)15-12-14-10-11-26-21(14)27-13-15/h2-13,22H,1H3,(H,26,27)(H,29,31). The summed E-state index contributed by atoms with van der Waals surface area (Å²) in [6, 6.07) is 16.8. The van der Waals surface area contributed by atoms with Crippen molar-refractivity contribution >= 4 is 34.2 Å². The van der Waals surface area contributed by atoms with Gasteiger partial charge in [0.2, 0.25) is 6.17 Å². The molecule has 1 atom stereocenters. The lowest BCUT2D eigenvalue weighted by Gasteiger charge is -2.20. The number of halogens is 1. The fraction of sp³-hybridized carbons (Fsp3) is 0.0833. The van der Waals surface area contributed by atoms with Crippen molar-refractivity contribution in [1.82, 2.24) is 15.3 Å². The number of likely N-dealkylation sites (N-methyl/N-ethyl adjacent to an activating group) is 1. The van der Waals surface area contributed by atoms with Crippen molar-refractivity contribution in [3.05, 3.63) is 95.6 Å². The number of amides is 2. The quantitative estimate of drug-likeness (QED) is 0.526. The normalized spacial score (nSPS) is 15.8. The van der Waals surface area contributed by atoms with Gasteiger partial charge in [0, 0.05) is 36.0 Å². The number of hydrogen-bond donors (Lipinski definition) is 2. The highest BCUT2D eigenvalue weighted by molar-refractivity contribution is 6.20. The Morgan fingerprint density at radius 2 is 1.84 bits per heavy atom. The number of carbonyl (C=O) groups excluding carboxylic acids is 2. The van der Waals surface area contributed by atoms with Crippen LogP contribution in [0.15, 0.2) is 78.0 Å². The number of pyridine rings is 1. The molecular formula is C24H18FN5O2. The molecule has 2 N–H and O–H groups in total. The van der Waals surface area contributed by atoms with Crippen molar-refractivity contribution in [1.29, 1.82) is 0 Å². The van der Waals surface area contributed by atoms with Crippen LogP contribution in [0.3, 0.4) is 0 Å². The number of para-hydroxylation sites is 1. The third-order valence-corrected chi connectivity index (χ3v) is 5.40. The van der Waals surface area contributed by atoms with Gasteiger partial charge in [0.25, 0.3) is 11.8 Å². The van der Waals surface area contributed by atoms with Crippen molar-refractivity contribution in [3.8, 4) is 0 Å². The van der Waals surface area contributed by atoms with Gasteiger partial charge in [-0.1, -0.05) is 30.3 Å². The third-order valence-electron chi connectivity index (χ3n) is 5.40. The number of fused-ring (bicyclic) bond motifs is 2. The van der Waals surface area contributed by atoms with E-state index < -0.39 is 23.8 Å². The first kappa shape index (κ1) is 19.6. The zero-order chi connectivity index (χ0) is 22.2. The Kier molecular flexibility index (Phi) is 4.74. The number of H-pyrrole nitrogens is 1. The van der Waals surface area contributed by atoms with Gasteiger partial charge in [-0.05, 0) is 30.3 Å². The minimum atomic E-state index is -1.24. The van der Waals surface area contributed by atoms with Gasteiger partial charge in [-0.2, -0.15) is 0 Å². The molecule has 4 aromatic rings. The van der Waals surface area contributed by atoms with E-state index in [0.717, 1.165) is 5.39 Å². The molecule has 2 amide bonds. The van der Waals surface area contributed by atoms with Crippen LogP contribution in [0.5, 0.6) is 0 Å². The molecule has 158 valence electrons. The summed E-state index contributed by atoms with van der Waals surface area (Å²) in [5.74, 6) is -1.41. The maximum atomic E-state index is 14.7. The summed E-state index contributed by atoms with van der Waals surface area (Å²) in [7, 11) is 1.60. The van der Waals surface area contributed by atoms with E-state index in [2.05, 4.69) is 20.3 Å². The van der Waals surface area contributed by atoms with Crippen LogP contribution in [0.2, 0.25) is 0 Å². The van der Waals surface area contributed by atoms with Gasteiger partial charge in [-0.3, -0.25) is 9.59 Å². The van der Waals surface area contributed by atoms with Gasteiger partial charge < -0.3 is 15.2 Å². The highest BCUT2D eigenvalue weighted by atomic mass is 19.1. The van der Waals surface area contributed by atoms with E-state index in [1.807, 2.05) is 0 Å². The minimum absolute atomic E-state index is 0.248. The Hall–Kier alpha value is -4.33. The second-order valence-corrected chi connectivity index (χ2v) is 7.39. The Morgan fingerprint density at radius 3 is 2.66 bits per heavy atom. The first-order chi connectivity index (χ1) is 15.5. The summed E-state index contributed by atoms with van der Waals surface area (Å²) in [6.07, 6.45) is 1.91. The highest BCUT2D eigenvalue weighted by Gasteiger charge is 2.31. The average Bonchev–Trinajstić information content (AvgIpc) is 3.26. The van der Waals surface area contributed by atoms with Crippen molar-refractivity contribution in [2.45, 2.75) is 6.17 Å². The first-order valence-electron chi connectivity index (χ1n) is 9.96. The van der Waals surface area contributed by atoms with Gasteiger partial charge in [-0.25, -0.2) is 14.4 Å². The number of rotatable bonds is 3. The van der Waals surface area contributed by atoms with Crippen LogP contribution in [0.4, 0.5) is 10.1 Å². The summed E-state index contributed by atoms with van der Waals surface area (Å²) >= 11 is 0. The third kappa shape index (κ3) is 3.31. The zero-order valence-electron chi connectivity index (χ0n) is 17.0. The van der Waals surface area contributed by atoms with E-state index in [0.29, 0.717) is 22.6 Å².